The zero-order valence-electron chi connectivity index (χ0n) is 16.2. The average molecular weight is 435 g/mol. The maximum Gasteiger partial charge on any atom is 0.259 e. The number of rotatable bonds is 3. The van der Waals surface area contributed by atoms with Crippen molar-refractivity contribution < 1.29 is 17.9 Å². The van der Waals surface area contributed by atoms with E-state index in [2.05, 4.69) is 6.92 Å². The lowest BCUT2D eigenvalue weighted by Crippen LogP contribution is -2.40. The summed E-state index contributed by atoms with van der Waals surface area (Å²) in [7, 11) is -3.71. The lowest BCUT2D eigenvalue weighted by molar-refractivity contribution is 0.0730. The molecule has 0 bridgehead atoms. The Morgan fingerprint density at radius 2 is 1.83 bits per heavy atom. The molecule has 0 aliphatic carbocycles. The van der Waals surface area contributed by atoms with Crippen LogP contribution in [0, 0.1) is 0 Å². The fourth-order valence-electron chi connectivity index (χ4n) is 3.87. The van der Waals surface area contributed by atoms with Crippen LogP contribution < -0.4 is 4.90 Å². The molecule has 8 heteroatoms. The van der Waals surface area contributed by atoms with E-state index in [0.717, 1.165) is 17.7 Å². The van der Waals surface area contributed by atoms with Crippen LogP contribution in [0.15, 0.2) is 47.4 Å². The van der Waals surface area contributed by atoms with Crippen molar-refractivity contribution in [1.82, 2.24) is 4.31 Å². The van der Waals surface area contributed by atoms with E-state index in [1.165, 1.54) is 22.5 Å². The third-order valence-corrected chi connectivity index (χ3v) is 7.79. The van der Waals surface area contributed by atoms with Crippen molar-refractivity contribution >= 4 is 33.2 Å². The lowest BCUT2D eigenvalue weighted by Gasteiger charge is -2.33. The van der Waals surface area contributed by atoms with Gasteiger partial charge in [0, 0.05) is 25.3 Å². The van der Waals surface area contributed by atoms with Gasteiger partial charge in [0.05, 0.1) is 28.7 Å². The smallest absolute Gasteiger partial charge is 0.259 e. The second kappa shape index (κ2) is 8.07. The van der Waals surface area contributed by atoms with Gasteiger partial charge in [0.15, 0.2) is 0 Å². The van der Waals surface area contributed by atoms with Crippen LogP contribution in [0.1, 0.15) is 35.2 Å². The van der Waals surface area contributed by atoms with Gasteiger partial charge < -0.3 is 9.64 Å². The summed E-state index contributed by atoms with van der Waals surface area (Å²) in [4.78, 5) is 15.1. The predicted molar refractivity (Wildman–Crippen MR) is 112 cm³/mol. The highest BCUT2D eigenvalue weighted by molar-refractivity contribution is 7.89. The Balaban J connectivity index is 1.70. The Hall–Kier alpha value is -1.93. The van der Waals surface area contributed by atoms with Crippen molar-refractivity contribution in [3.8, 4) is 0 Å². The number of hydrogen-bond donors (Lipinski definition) is 0. The molecule has 6 nitrogen and oxygen atoms in total. The van der Waals surface area contributed by atoms with Crippen LogP contribution in [0.25, 0.3) is 0 Å². The molecule has 1 saturated heterocycles. The number of carbonyl (C=O) groups excluding carboxylic acids is 1. The molecule has 0 N–H and O–H groups in total. The highest BCUT2D eigenvalue weighted by Crippen LogP contribution is 2.36. The van der Waals surface area contributed by atoms with Crippen molar-refractivity contribution in [1.29, 1.82) is 0 Å². The second-order valence-corrected chi connectivity index (χ2v) is 9.71. The van der Waals surface area contributed by atoms with Crippen molar-refractivity contribution in [2.75, 3.05) is 37.7 Å². The summed E-state index contributed by atoms with van der Waals surface area (Å²) in [5.74, 6) is 0.0760. The Bertz CT molecular complexity index is 1030. The molecular formula is C21H23ClN2O4S. The number of sulfonamides is 1. The van der Waals surface area contributed by atoms with E-state index < -0.39 is 10.0 Å². The molecule has 1 fully saturated rings. The van der Waals surface area contributed by atoms with Crippen LogP contribution >= 0.6 is 11.6 Å². The molecular weight excluding hydrogens is 412 g/mol. The molecule has 4 rings (SSSR count). The van der Waals surface area contributed by atoms with E-state index in [1.807, 2.05) is 24.3 Å². The second-order valence-electron chi connectivity index (χ2n) is 7.36. The number of ether oxygens (including phenoxy) is 1. The minimum atomic E-state index is -3.71. The summed E-state index contributed by atoms with van der Waals surface area (Å²) in [6.07, 6.45) is 0.839. The third kappa shape index (κ3) is 3.80. The fraction of sp³-hybridized carbons (Fsp3) is 0.381. The lowest BCUT2D eigenvalue weighted by atomic mass is 9.91. The first-order chi connectivity index (χ1) is 13.9. The molecule has 2 aromatic rings. The van der Waals surface area contributed by atoms with E-state index in [1.54, 1.807) is 4.90 Å². The molecule has 2 aromatic carbocycles. The Kier molecular flexibility index (Phi) is 5.66. The molecule has 1 amide bonds. The number of nitrogens with zero attached hydrogens (tertiary/aromatic N) is 2. The summed E-state index contributed by atoms with van der Waals surface area (Å²) in [6.45, 7) is 4.02. The standard InChI is InChI=1S/C21H23ClN2O4S/c1-15-8-9-24(20-5-3-2-4-17(15)20)21(25)18-14-16(6-7-19(18)22)29(26,27)23-10-12-28-13-11-23/h2-7,14-15H,8-13H2,1H3. The van der Waals surface area contributed by atoms with Gasteiger partial charge in [0.2, 0.25) is 10.0 Å². The number of fused-ring (bicyclic) bond motifs is 1. The molecule has 0 radical (unpaired) electrons. The highest BCUT2D eigenvalue weighted by atomic mass is 35.5. The van der Waals surface area contributed by atoms with Crippen LogP contribution in [0.4, 0.5) is 5.69 Å². The number of carbonyl (C=O) groups is 1. The first-order valence-electron chi connectivity index (χ1n) is 9.68. The quantitative estimate of drug-likeness (QED) is 0.741. The van der Waals surface area contributed by atoms with Gasteiger partial charge in [-0.2, -0.15) is 4.31 Å². The minimum Gasteiger partial charge on any atom is -0.379 e. The van der Waals surface area contributed by atoms with E-state index in [-0.39, 0.29) is 21.4 Å². The largest absolute Gasteiger partial charge is 0.379 e. The van der Waals surface area contributed by atoms with Gasteiger partial charge in [0.25, 0.3) is 5.91 Å². The average Bonchev–Trinajstić information content (AvgIpc) is 2.74. The van der Waals surface area contributed by atoms with Gasteiger partial charge in [-0.3, -0.25) is 4.79 Å². The molecule has 1 unspecified atom stereocenters. The van der Waals surface area contributed by atoms with E-state index in [0.29, 0.717) is 38.8 Å². The molecule has 1 atom stereocenters. The van der Waals surface area contributed by atoms with E-state index in [9.17, 15) is 13.2 Å². The van der Waals surface area contributed by atoms with E-state index >= 15 is 0 Å². The van der Waals surface area contributed by atoms with Gasteiger partial charge >= 0.3 is 0 Å². The summed E-state index contributed by atoms with van der Waals surface area (Å²) < 4.78 is 32.6. The van der Waals surface area contributed by atoms with Gasteiger partial charge in [-0.05, 0) is 42.2 Å². The van der Waals surface area contributed by atoms with Gasteiger partial charge in [-0.1, -0.05) is 36.7 Å². The van der Waals surface area contributed by atoms with Gasteiger partial charge in [-0.25, -0.2) is 8.42 Å². The minimum absolute atomic E-state index is 0.0748. The van der Waals surface area contributed by atoms with Gasteiger partial charge in [0.1, 0.15) is 0 Å². The Morgan fingerprint density at radius 3 is 2.59 bits per heavy atom. The first-order valence-corrected chi connectivity index (χ1v) is 11.5. The number of benzene rings is 2. The van der Waals surface area contributed by atoms with Crippen molar-refractivity contribution in [3.05, 3.63) is 58.6 Å². The van der Waals surface area contributed by atoms with Crippen molar-refractivity contribution in [2.45, 2.75) is 24.2 Å². The molecule has 29 heavy (non-hydrogen) atoms. The topological polar surface area (TPSA) is 66.9 Å². The van der Waals surface area contributed by atoms with E-state index in [4.69, 9.17) is 16.3 Å². The number of para-hydroxylation sites is 1. The van der Waals surface area contributed by atoms with Crippen LogP contribution in [0.5, 0.6) is 0 Å². The zero-order valence-corrected chi connectivity index (χ0v) is 17.7. The summed E-state index contributed by atoms with van der Waals surface area (Å²) in [6, 6.07) is 12.2. The summed E-state index contributed by atoms with van der Waals surface area (Å²) in [5.41, 5.74) is 2.17. The third-order valence-electron chi connectivity index (χ3n) is 5.57. The van der Waals surface area contributed by atoms with Crippen LogP contribution in [0.3, 0.4) is 0 Å². The Labute approximate surface area is 176 Å². The SMILES string of the molecule is CC1CCN(C(=O)c2cc(S(=O)(=O)N3CCOCC3)ccc2Cl)c2ccccc21. The predicted octanol–water partition coefficient (Wildman–Crippen LogP) is 3.51. The van der Waals surface area contributed by atoms with Crippen LogP contribution in [-0.4, -0.2) is 51.5 Å². The highest BCUT2D eigenvalue weighted by Gasteiger charge is 2.31. The van der Waals surface area contributed by atoms with Crippen LogP contribution in [0.2, 0.25) is 5.02 Å². The van der Waals surface area contributed by atoms with Crippen molar-refractivity contribution in [2.24, 2.45) is 0 Å². The summed E-state index contributed by atoms with van der Waals surface area (Å²) in [5, 5.41) is 0.243. The Morgan fingerprint density at radius 1 is 1.10 bits per heavy atom. The monoisotopic (exact) mass is 434 g/mol. The first kappa shape index (κ1) is 20.3. The zero-order chi connectivity index (χ0) is 20.6. The number of morpholine rings is 1. The number of halogens is 1. The maximum absolute atomic E-state index is 13.4. The molecule has 0 saturated carbocycles. The maximum atomic E-state index is 13.4. The van der Waals surface area contributed by atoms with Crippen molar-refractivity contribution in [3.63, 3.8) is 0 Å². The molecule has 2 heterocycles. The summed E-state index contributed by atoms with van der Waals surface area (Å²) >= 11 is 6.33. The molecule has 0 aromatic heterocycles. The molecule has 2 aliphatic heterocycles. The molecule has 154 valence electrons. The fourth-order valence-corrected chi connectivity index (χ4v) is 5.50. The normalized spacial score (nSPS) is 20.3. The number of anilines is 1. The van der Waals surface area contributed by atoms with Gasteiger partial charge in [-0.15, -0.1) is 0 Å². The molecule has 0 spiro atoms. The number of hydrogen-bond acceptors (Lipinski definition) is 4. The molecule has 2 aliphatic rings. The van der Waals surface area contributed by atoms with Crippen LogP contribution in [-0.2, 0) is 14.8 Å². The number of amides is 1.